The summed E-state index contributed by atoms with van der Waals surface area (Å²) in [6.45, 7) is 2.99. The van der Waals surface area contributed by atoms with Crippen LogP contribution in [0, 0.1) is 6.92 Å². The first-order valence-corrected chi connectivity index (χ1v) is 7.76. The molecule has 3 rings (SSSR count). The summed E-state index contributed by atoms with van der Waals surface area (Å²) in [5, 5.41) is 13.6. The van der Waals surface area contributed by atoms with Crippen molar-refractivity contribution in [2.75, 3.05) is 19.8 Å². The van der Waals surface area contributed by atoms with Gasteiger partial charge in [-0.3, -0.25) is 9.48 Å². The molecule has 1 fully saturated rings. The van der Waals surface area contributed by atoms with Gasteiger partial charge in [0.1, 0.15) is 0 Å². The van der Waals surface area contributed by atoms with Gasteiger partial charge in [-0.25, -0.2) is 4.79 Å². The van der Waals surface area contributed by atoms with E-state index in [1.807, 2.05) is 37.3 Å². The fourth-order valence-electron chi connectivity index (χ4n) is 2.78. The number of carbonyl (C=O) groups excluding carboxylic acids is 1. The summed E-state index contributed by atoms with van der Waals surface area (Å²) < 4.78 is 6.93. The fourth-order valence-corrected chi connectivity index (χ4v) is 2.78. The summed E-state index contributed by atoms with van der Waals surface area (Å²) in [5.74, 6) is -1.38. The highest BCUT2D eigenvalue weighted by Crippen LogP contribution is 2.17. The Bertz CT molecular complexity index is 742. The van der Waals surface area contributed by atoms with E-state index < -0.39 is 12.0 Å². The number of nitrogens with zero attached hydrogens (tertiary/aromatic N) is 3. The number of benzene rings is 1. The topological polar surface area (TPSA) is 84.7 Å². The third kappa shape index (κ3) is 3.16. The van der Waals surface area contributed by atoms with E-state index in [1.54, 1.807) is 4.68 Å². The lowest BCUT2D eigenvalue weighted by Crippen LogP contribution is -2.52. The first-order valence-electron chi connectivity index (χ1n) is 7.76. The lowest BCUT2D eigenvalue weighted by molar-refractivity contribution is -0.147. The fraction of sp³-hybridized carbons (Fsp3) is 0.353. The maximum absolute atomic E-state index is 12.8. The minimum Gasteiger partial charge on any atom is -0.480 e. The van der Waals surface area contributed by atoms with Gasteiger partial charge in [-0.2, -0.15) is 5.10 Å². The molecule has 1 aromatic heterocycles. The largest absolute Gasteiger partial charge is 0.480 e. The van der Waals surface area contributed by atoms with Crippen molar-refractivity contribution >= 4 is 11.9 Å². The number of hydrogen-bond acceptors (Lipinski definition) is 4. The molecule has 1 atom stereocenters. The Balaban J connectivity index is 1.82. The number of ether oxygens (including phenoxy) is 1. The molecule has 0 radical (unpaired) electrons. The molecule has 1 saturated heterocycles. The Labute approximate surface area is 139 Å². The lowest BCUT2D eigenvalue weighted by atomic mass is 10.1. The van der Waals surface area contributed by atoms with E-state index in [0.29, 0.717) is 18.7 Å². The van der Waals surface area contributed by atoms with Crippen molar-refractivity contribution in [1.82, 2.24) is 14.7 Å². The van der Waals surface area contributed by atoms with Crippen molar-refractivity contribution in [2.24, 2.45) is 0 Å². The first kappa shape index (κ1) is 16.2. The van der Waals surface area contributed by atoms with Crippen LogP contribution in [0.1, 0.15) is 21.6 Å². The SMILES string of the molecule is Cc1c(C(=O)N2CCOC[C@H]2C(=O)O)cnn1Cc1ccccc1. The molecule has 1 amide bonds. The Kier molecular flexibility index (Phi) is 4.61. The highest BCUT2D eigenvalue weighted by Gasteiger charge is 2.34. The maximum Gasteiger partial charge on any atom is 0.328 e. The number of hydrogen-bond donors (Lipinski definition) is 1. The molecule has 2 aromatic rings. The van der Waals surface area contributed by atoms with Crippen molar-refractivity contribution < 1.29 is 19.4 Å². The van der Waals surface area contributed by atoms with Gasteiger partial charge in [-0.15, -0.1) is 0 Å². The standard InChI is InChI=1S/C17H19N3O4/c1-12-14(9-18-20(12)10-13-5-3-2-4-6-13)16(21)19-7-8-24-11-15(19)17(22)23/h2-6,9,15H,7-8,10-11H2,1H3,(H,22,23)/t15-/m0/s1. The third-order valence-electron chi connectivity index (χ3n) is 4.18. The van der Waals surface area contributed by atoms with Gasteiger partial charge in [0, 0.05) is 12.2 Å². The summed E-state index contributed by atoms with van der Waals surface area (Å²) >= 11 is 0. The number of aromatic nitrogens is 2. The zero-order valence-electron chi connectivity index (χ0n) is 13.4. The van der Waals surface area contributed by atoms with Gasteiger partial charge in [-0.1, -0.05) is 30.3 Å². The summed E-state index contributed by atoms with van der Waals surface area (Å²) in [6, 6.07) is 8.87. The molecule has 1 aliphatic rings. The van der Waals surface area contributed by atoms with Crippen LogP contribution in [-0.4, -0.2) is 57.5 Å². The highest BCUT2D eigenvalue weighted by atomic mass is 16.5. The quantitative estimate of drug-likeness (QED) is 0.910. The average Bonchev–Trinajstić information content (AvgIpc) is 2.96. The number of carbonyl (C=O) groups is 2. The minimum atomic E-state index is -1.06. The van der Waals surface area contributed by atoms with E-state index in [9.17, 15) is 14.7 Å². The van der Waals surface area contributed by atoms with E-state index in [0.717, 1.165) is 11.3 Å². The van der Waals surface area contributed by atoms with Gasteiger partial charge in [-0.05, 0) is 12.5 Å². The summed E-state index contributed by atoms with van der Waals surface area (Å²) in [5.41, 5.74) is 2.23. The highest BCUT2D eigenvalue weighted by molar-refractivity contribution is 5.97. The number of amides is 1. The van der Waals surface area contributed by atoms with E-state index in [4.69, 9.17) is 4.74 Å². The second-order valence-electron chi connectivity index (χ2n) is 5.71. The van der Waals surface area contributed by atoms with Crippen LogP contribution in [-0.2, 0) is 16.1 Å². The Hall–Kier alpha value is -2.67. The molecule has 24 heavy (non-hydrogen) atoms. The summed E-state index contributed by atoms with van der Waals surface area (Å²) in [7, 11) is 0. The smallest absolute Gasteiger partial charge is 0.328 e. The molecule has 0 bridgehead atoms. The van der Waals surface area contributed by atoms with Crippen LogP contribution >= 0.6 is 0 Å². The molecule has 1 aliphatic heterocycles. The number of carboxylic acids is 1. The normalized spacial score (nSPS) is 17.7. The van der Waals surface area contributed by atoms with Crippen molar-refractivity contribution in [2.45, 2.75) is 19.5 Å². The number of rotatable bonds is 4. The minimum absolute atomic E-state index is 0.0122. The van der Waals surface area contributed by atoms with Gasteiger partial charge >= 0.3 is 5.97 Å². The van der Waals surface area contributed by atoms with E-state index in [2.05, 4.69) is 5.10 Å². The van der Waals surface area contributed by atoms with Crippen molar-refractivity contribution in [3.05, 3.63) is 53.3 Å². The predicted molar refractivity (Wildman–Crippen MR) is 85.8 cm³/mol. The van der Waals surface area contributed by atoms with Gasteiger partial charge in [0.15, 0.2) is 6.04 Å². The number of morpholine rings is 1. The first-order chi connectivity index (χ1) is 11.6. The molecule has 0 spiro atoms. The number of carboxylic acid groups (broad SMARTS) is 1. The van der Waals surface area contributed by atoms with E-state index in [-0.39, 0.29) is 19.1 Å². The van der Waals surface area contributed by atoms with Gasteiger partial charge < -0.3 is 14.7 Å². The number of aliphatic carboxylic acids is 1. The second-order valence-corrected chi connectivity index (χ2v) is 5.71. The summed E-state index contributed by atoms with van der Waals surface area (Å²) in [4.78, 5) is 25.4. The monoisotopic (exact) mass is 329 g/mol. The Morgan fingerprint density at radius 2 is 2.08 bits per heavy atom. The van der Waals surface area contributed by atoms with E-state index in [1.165, 1.54) is 11.1 Å². The molecule has 1 aromatic carbocycles. The summed E-state index contributed by atoms with van der Waals surface area (Å²) in [6.07, 6.45) is 1.51. The molecule has 2 heterocycles. The molecule has 0 saturated carbocycles. The predicted octanol–water partition coefficient (Wildman–Crippen LogP) is 1.17. The van der Waals surface area contributed by atoms with Crippen LogP contribution in [0.3, 0.4) is 0 Å². The van der Waals surface area contributed by atoms with Crippen LogP contribution in [0.4, 0.5) is 0 Å². The third-order valence-corrected chi connectivity index (χ3v) is 4.18. The van der Waals surface area contributed by atoms with Gasteiger partial charge in [0.25, 0.3) is 5.91 Å². The van der Waals surface area contributed by atoms with E-state index >= 15 is 0 Å². The van der Waals surface area contributed by atoms with Gasteiger partial charge in [0.05, 0.1) is 31.5 Å². The van der Waals surface area contributed by atoms with Crippen LogP contribution in [0.5, 0.6) is 0 Å². The van der Waals surface area contributed by atoms with Crippen molar-refractivity contribution in [1.29, 1.82) is 0 Å². The van der Waals surface area contributed by atoms with Gasteiger partial charge in [0.2, 0.25) is 0 Å². The lowest BCUT2D eigenvalue weighted by Gasteiger charge is -2.32. The molecular weight excluding hydrogens is 310 g/mol. The van der Waals surface area contributed by atoms with Crippen LogP contribution in [0.2, 0.25) is 0 Å². The second kappa shape index (κ2) is 6.84. The Morgan fingerprint density at radius 3 is 2.79 bits per heavy atom. The zero-order valence-corrected chi connectivity index (χ0v) is 13.4. The van der Waals surface area contributed by atoms with Crippen molar-refractivity contribution in [3.8, 4) is 0 Å². The Morgan fingerprint density at radius 1 is 1.33 bits per heavy atom. The van der Waals surface area contributed by atoms with Crippen LogP contribution < -0.4 is 0 Å². The van der Waals surface area contributed by atoms with Crippen LogP contribution in [0.15, 0.2) is 36.5 Å². The van der Waals surface area contributed by atoms with Crippen molar-refractivity contribution in [3.63, 3.8) is 0 Å². The van der Waals surface area contributed by atoms with Crippen LogP contribution in [0.25, 0.3) is 0 Å². The molecule has 1 N–H and O–H groups in total. The molecule has 0 unspecified atom stereocenters. The molecular formula is C17H19N3O4. The maximum atomic E-state index is 12.8. The molecule has 0 aliphatic carbocycles. The molecule has 7 nitrogen and oxygen atoms in total. The molecule has 7 heteroatoms. The zero-order chi connectivity index (χ0) is 17.1. The molecule has 126 valence electrons. The average molecular weight is 329 g/mol.